The zero-order valence-corrected chi connectivity index (χ0v) is 10.9. The lowest BCUT2D eigenvalue weighted by Crippen LogP contribution is -2.43. The van der Waals surface area contributed by atoms with Gasteiger partial charge in [0, 0.05) is 6.42 Å². The number of nitrogens with one attached hydrogen (secondary N) is 1. The van der Waals surface area contributed by atoms with E-state index in [2.05, 4.69) is 10.5 Å². The lowest BCUT2D eigenvalue weighted by Gasteiger charge is -2.24. The van der Waals surface area contributed by atoms with Gasteiger partial charge in [0.1, 0.15) is 5.60 Å². The third-order valence-electron chi connectivity index (χ3n) is 2.17. The standard InChI is InChI=1S/C11H18N2O5/c1-10(2,3)17-9(16)12-6-11(4)5-7(8(14)15)13-18-11/h5-6H2,1-4H3,(H,12,16)(H,14,15). The number of carbonyl (C=O) groups is 2. The lowest BCUT2D eigenvalue weighted by atomic mass is 10.00. The average molecular weight is 258 g/mol. The normalized spacial score (nSPS) is 23.0. The number of carboxylic acids is 1. The minimum absolute atomic E-state index is 0.0523. The summed E-state index contributed by atoms with van der Waals surface area (Å²) in [6.45, 7) is 7.07. The zero-order chi connectivity index (χ0) is 14.0. The highest BCUT2D eigenvalue weighted by Crippen LogP contribution is 2.22. The summed E-state index contributed by atoms with van der Waals surface area (Å²) in [5.41, 5.74) is -1.47. The van der Waals surface area contributed by atoms with Gasteiger partial charge in [0.05, 0.1) is 6.54 Å². The molecule has 1 unspecified atom stereocenters. The molecule has 0 bridgehead atoms. The van der Waals surface area contributed by atoms with Crippen LogP contribution in [0.1, 0.15) is 34.1 Å². The molecular formula is C11H18N2O5. The molecule has 7 nitrogen and oxygen atoms in total. The third kappa shape index (κ3) is 4.23. The van der Waals surface area contributed by atoms with Crippen LogP contribution < -0.4 is 5.32 Å². The van der Waals surface area contributed by atoms with Crippen molar-refractivity contribution in [2.24, 2.45) is 5.16 Å². The second kappa shape index (κ2) is 4.83. The first-order valence-corrected chi connectivity index (χ1v) is 5.56. The van der Waals surface area contributed by atoms with Crippen LogP contribution in [0.15, 0.2) is 5.16 Å². The summed E-state index contributed by atoms with van der Waals surface area (Å²) >= 11 is 0. The number of carboxylic acid groups (broad SMARTS) is 1. The Morgan fingerprint density at radius 3 is 2.61 bits per heavy atom. The van der Waals surface area contributed by atoms with Crippen LogP contribution in [0, 0.1) is 0 Å². The van der Waals surface area contributed by atoms with Crippen molar-refractivity contribution >= 4 is 17.8 Å². The molecule has 2 N–H and O–H groups in total. The van der Waals surface area contributed by atoms with Crippen molar-refractivity contribution in [3.63, 3.8) is 0 Å². The van der Waals surface area contributed by atoms with Crippen LogP contribution in [0.25, 0.3) is 0 Å². The van der Waals surface area contributed by atoms with Gasteiger partial charge in [-0.1, -0.05) is 5.16 Å². The minimum atomic E-state index is -1.11. The molecule has 1 aliphatic rings. The van der Waals surface area contributed by atoms with E-state index in [1.165, 1.54) is 0 Å². The van der Waals surface area contributed by atoms with Gasteiger partial charge in [-0.05, 0) is 27.7 Å². The Bertz CT molecular complexity index is 385. The number of ether oxygens (including phenoxy) is 1. The second-order valence-electron chi connectivity index (χ2n) is 5.42. The molecule has 0 saturated carbocycles. The highest BCUT2D eigenvalue weighted by atomic mass is 16.7. The smallest absolute Gasteiger partial charge is 0.407 e. The minimum Gasteiger partial charge on any atom is -0.477 e. The summed E-state index contributed by atoms with van der Waals surface area (Å²) in [7, 11) is 0. The predicted molar refractivity (Wildman–Crippen MR) is 63.4 cm³/mol. The first-order chi connectivity index (χ1) is 8.11. The molecule has 0 aromatic heterocycles. The predicted octanol–water partition coefficient (Wildman–Crippen LogP) is 1.13. The fourth-order valence-electron chi connectivity index (χ4n) is 1.37. The Morgan fingerprint density at radius 1 is 1.56 bits per heavy atom. The Balaban J connectivity index is 2.41. The molecular weight excluding hydrogens is 240 g/mol. The van der Waals surface area contributed by atoms with Gasteiger partial charge in [0.25, 0.3) is 0 Å². The number of carbonyl (C=O) groups excluding carboxylic acids is 1. The van der Waals surface area contributed by atoms with E-state index in [1.54, 1.807) is 27.7 Å². The molecule has 0 radical (unpaired) electrons. The molecule has 1 atom stereocenters. The van der Waals surface area contributed by atoms with Crippen LogP contribution in [0.2, 0.25) is 0 Å². The van der Waals surface area contributed by atoms with E-state index >= 15 is 0 Å². The van der Waals surface area contributed by atoms with Gasteiger partial charge in [0.2, 0.25) is 0 Å². The second-order valence-corrected chi connectivity index (χ2v) is 5.42. The lowest BCUT2D eigenvalue weighted by molar-refractivity contribution is -0.129. The number of aliphatic carboxylic acids is 1. The molecule has 102 valence electrons. The van der Waals surface area contributed by atoms with Gasteiger partial charge in [-0.2, -0.15) is 0 Å². The molecule has 0 aromatic carbocycles. The SMILES string of the molecule is CC(C)(C)OC(=O)NCC1(C)CC(C(=O)O)=NO1. The summed E-state index contributed by atoms with van der Waals surface area (Å²) in [5.74, 6) is -1.11. The van der Waals surface area contributed by atoms with Crippen LogP contribution in [0.3, 0.4) is 0 Å². The summed E-state index contributed by atoms with van der Waals surface area (Å²) < 4.78 is 5.06. The highest BCUT2D eigenvalue weighted by molar-refractivity contribution is 6.36. The van der Waals surface area contributed by atoms with Gasteiger partial charge in [-0.25, -0.2) is 9.59 Å². The Morgan fingerprint density at radius 2 is 2.17 bits per heavy atom. The van der Waals surface area contributed by atoms with Crippen molar-refractivity contribution in [1.82, 2.24) is 5.32 Å². The zero-order valence-electron chi connectivity index (χ0n) is 10.9. The van der Waals surface area contributed by atoms with Crippen LogP contribution in [-0.4, -0.2) is 40.6 Å². The van der Waals surface area contributed by atoms with Gasteiger partial charge in [-0.3, -0.25) is 0 Å². The first-order valence-electron chi connectivity index (χ1n) is 5.56. The molecule has 7 heteroatoms. The summed E-state index contributed by atoms with van der Waals surface area (Å²) in [4.78, 5) is 27.2. The molecule has 0 aliphatic carbocycles. The number of nitrogens with zero attached hydrogens (tertiary/aromatic N) is 1. The molecule has 0 spiro atoms. The summed E-state index contributed by atoms with van der Waals surface area (Å²) in [6.07, 6.45) is -0.436. The molecule has 1 rings (SSSR count). The number of alkyl carbamates (subject to hydrolysis) is 1. The first kappa shape index (κ1) is 14.3. The maximum atomic E-state index is 11.4. The number of oxime groups is 1. The van der Waals surface area contributed by atoms with Gasteiger partial charge in [0.15, 0.2) is 11.3 Å². The van der Waals surface area contributed by atoms with Crippen molar-refractivity contribution in [3.05, 3.63) is 0 Å². The van der Waals surface area contributed by atoms with E-state index in [4.69, 9.17) is 14.7 Å². The Kier molecular flexibility index (Phi) is 3.83. The van der Waals surface area contributed by atoms with Gasteiger partial charge < -0.3 is 20.0 Å². The molecule has 1 heterocycles. The summed E-state index contributed by atoms with van der Waals surface area (Å²) in [5, 5.41) is 14.7. The van der Waals surface area contributed by atoms with Crippen molar-refractivity contribution in [2.75, 3.05) is 6.54 Å². The molecule has 0 fully saturated rings. The van der Waals surface area contributed by atoms with E-state index in [0.717, 1.165) is 0 Å². The highest BCUT2D eigenvalue weighted by Gasteiger charge is 2.37. The third-order valence-corrected chi connectivity index (χ3v) is 2.17. The summed E-state index contributed by atoms with van der Waals surface area (Å²) in [6, 6.07) is 0. The van der Waals surface area contributed by atoms with Crippen LogP contribution in [-0.2, 0) is 14.4 Å². The van der Waals surface area contributed by atoms with E-state index < -0.39 is 23.3 Å². The van der Waals surface area contributed by atoms with E-state index in [1.807, 2.05) is 0 Å². The van der Waals surface area contributed by atoms with E-state index in [0.29, 0.717) is 0 Å². The van der Waals surface area contributed by atoms with Crippen molar-refractivity contribution in [1.29, 1.82) is 0 Å². The van der Waals surface area contributed by atoms with Gasteiger partial charge in [-0.15, -0.1) is 0 Å². The Hall–Kier alpha value is -1.79. The van der Waals surface area contributed by atoms with Crippen molar-refractivity contribution in [2.45, 2.75) is 45.3 Å². The molecule has 1 aliphatic heterocycles. The fourth-order valence-corrected chi connectivity index (χ4v) is 1.37. The van der Waals surface area contributed by atoms with Crippen molar-refractivity contribution in [3.8, 4) is 0 Å². The van der Waals surface area contributed by atoms with Crippen LogP contribution in [0.5, 0.6) is 0 Å². The number of rotatable bonds is 3. The molecule has 18 heavy (non-hydrogen) atoms. The fraction of sp³-hybridized carbons (Fsp3) is 0.727. The number of hydrogen-bond acceptors (Lipinski definition) is 5. The maximum Gasteiger partial charge on any atom is 0.407 e. The van der Waals surface area contributed by atoms with E-state index in [9.17, 15) is 9.59 Å². The van der Waals surface area contributed by atoms with Crippen molar-refractivity contribution < 1.29 is 24.3 Å². The van der Waals surface area contributed by atoms with Gasteiger partial charge >= 0.3 is 12.1 Å². The average Bonchev–Trinajstić information content (AvgIpc) is 2.56. The topological polar surface area (TPSA) is 97.2 Å². The molecule has 0 aromatic rings. The molecule has 1 amide bonds. The van der Waals surface area contributed by atoms with Crippen LogP contribution >= 0.6 is 0 Å². The molecule has 0 saturated heterocycles. The number of amides is 1. The quantitative estimate of drug-likeness (QED) is 0.790. The largest absolute Gasteiger partial charge is 0.477 e. The van der Waals surface area contributed by atoms with E-state index in [-0.39, 0.29) is 18.7 Å². The monoisotopic (exact) mass is 258 g/mol. The number of hydrogen-bond donors (Lipinski definition) is 2. The Labute approximate surface area is 105 Å². The van der Waals surface area contributed by atoms with Crippen LogP contribution in [0.4, 0.5) is 4.79 Å². The maximum absolute atomic E-state index is 11.4.